The van der Waals surface area contributed by atoms with E-state index in [0.717, 1.165) is 17.4 Å². The highest BCUT2D eigenvalue weighted by atomic mass is 35.5. The van der Waals surface area contributed by atoms with Crippen molar-refractivity contribution in [1.82, 2.24) is 0 Å². The highest BCUT2D eigenvalue weighted by molar-refractivity contribution is 7.98. The summed E-state index contributed by atoms with van der Waals surface area (Å²) in [7, 11) is 0. The Hall–Kier alpha value is -0.140. The Morgan fingerprint density at radius 2 is 2.21 bits per heavy atom. The number of thioether (sulfide) groups is 1. The highest BCUT2D eigenvalue weighted by Gasteiger charge is 2.00. The van der Waals surface area contributed by atoms with Crippen molar-refractivity contribution in [2.24, 2.45) is 5.92 Å². The minimum atomic E-state index is 0.617. The lowest BCUT2D eigenvalue weighted by atomic mass is 10.2. The minimum Gasteiger partial charge on any atom is -0.157 e. The average Bonchev–Trinajstić information content (AvgIpc) is 2.17. The number of hydrogen-bond acceptors (Lipinski definition) is 1. The first kappa shape index (κ1) is 11.9. The molecule has 0 aliphatic carbocycles. The molecule has 1 rings (SSSR count). The minimum absolute atomic E-state index is 0.617. The predicted molar refractivity (Wildman–Crippen MR) is 67.2 cm³/mol. The molecule has 0 aromatic heterocycles. The van der Waals surface area contributed by atoms with E-state index >= 15 is 0 Å². The molecule has 0 amide bonds. The van der Waals surface area contributed by atoms with Crippen molar-refractivity contribution in [3.8, 4) is 0 Å². The molecule has 0 nitrogen and oxygen atoms in total. The van der Waals surface area contributed by atoms with Gasteiger partial charge in [-0.2, -0.15) is 11.8 Å². The fourth-order valence-electron chi connectivity index (χ4n) is 1.22. The molecule has 78 valence electrons. The van der Waals surface area contributed by atoms with Crippen LogP contribution in [-0.2, 0) is 5.75 Å². The standard InChI is InChI=1S/C12H17ClS/c1-10-4-3-5-12(6-10)9-14-8-11(2)7-13/h3-6,11H,7-9H2,1-2H3. The molecular weight excluding hydrogens is 212 g/mol. The molecule has 1 atom stereocenters. The van der Waals surface area contributed by atoms with Gasteiger partial charge in [-0.1, -0.05) is 36.8 Å². The van der Waals surface area contributed by atoms with E-state index in [1.54, 1.807) is 0 Å². The van der Waals surface area contributed by atoms with E-state index in [1.807, 2.05) is 11.8 Å². The molecule has 0 heterocycles. The molecule has 0 saturated heterocycles. The molecule has 0 radical (unpaired) electrons. The molecule has 0 N–H and O–H groups in total. The van der Waals surface area contributed by atoms with Crippen molar-refractivity contribution >= 4 is 23.4 Å². The molecule has 0 fully saturated rings. The SMILES string of the molecule is Cc1cccc(CSCC(C)CCl)c1. The van der Waals surface area contributed by atoms with Gasteiger partial charge in [0.15, 0.2) is 0 Å². The summed E-state index contributed by atoms with van der Waals surface area (Å²) in [5.74, 6) is 3.63. The second kappa shape index (κ2) is 6.36. The zero-order valence-electron chi connectivity index (χ0n) is 8.79. The Morgan fingerprint density at radius 3 is 2.86 bits per heavy atom. The molecule has 14 heavy (non-hydrogen) atoms. The van der Waals surface area contributed by atoms with E-state index in [2.05, 4.69) is 38.1 Å². The monoisotopic (exact) mass is 228 g/mol. The van der Waals surface area contributed by atoms with Crippen LogP contribution in [0.2, 0.25) is 0 Å². The lowest BCUT2D eigenvalue weighted by Crippen LogP contribution is -1.99. The second-order valence-electron chi connectivity index (χ2n) is 3.76. The highest BCUT2D eigenvalue weighted by Crippen LogP contribution is 2.16. The van der Waals surface area contributed by atoms with Crippen LogP contribution in [0.15, 0.2) is 24.3 Å². The van der Waals surface area contributed by atoms with Crippen LogP contribution < -0.4 is 0 Å². The smallest absolute Gasteiger partial charge is 0.0257 e. The molecule has 0 bridgehead atoms. The Labute approximate surface area is 96.0 Å². The fraction of sp³-hybridized carbons (Fsp3) is 0.500. The number of aryl methyl sites for hydroxylation is 1. The number of halogens is 1. The van der Waals surface area contributed by atoms with Crippen molar-refractivity contribution in [3.63, 3.8) is 0 Å². The number of hydrogen-bond donors (Lipinski definition) is 0. The van der Waals surface area contributed by atoms with Crippen LogP contribution in [0.1, 0.15) is 18.1 Å². The average molecular weight is 229 g/mol. The van der Waals surface area contributed by atoms with Gasteiger partial charge in [0.1, 0.15) is 0 Å². The van der Waals surface area contributed by atoms with Gasteiger partial charge >= 0.3 is 0 Å². The molecule has 1 aromatic carbocycles. The summed E-state index contributed by atoms with van der Waals surface area (Å²) in [5, 5.41) is 0. The normalized spacial score (nSPS) is 12.8. The topological polar surface area (TPSA) is 0 Å². The maximum atomic E-state index is 5.75. The van der Waals surface area contributed by atoms with Crippen molar-refractivity contribution in [1.29, 1.82) is 0 Å². The van der Waals surface area contributed by atoms with Crippen molar-refractivity contribution < 1.29 is 0 Å². The molecule has 1 unspecified atom stereocenters. The second-order valence-corrected chi connectivity index (χ2v) is 5.10. The fourth-order valence-corrected chi connectivity index (χ4v) is 2.52. The van der Waals surface area contributed by atoms with Gasteiger partial charge < -0.3 is 0 Å². The molecule has 0 aliphatic rings. The van der Waals surface area contributed by atoms with Gasteiger partial charge in [0.25, 0.3) is 0 Å². The third kappa shape index (κ3) is 4.39. The first-order valence-electron chi connectivity index (χ1n) is 4.91. The summed E-state index contributed by atoms with van der Waals surface area (Å²) in [6, 6.07) is 8.69. The maximum absolute atomic E-state index is 5.75. The van der Waals surface area contributed by atoms with E-state index < -0.39 is 0 Å². The van der Waals surface area contributed by atoms with E-state index in [0.29, 0.717) is 5.92 Å². The Kier molecular flexibility index (Phi) is 5.42. The summed E-state index contributed by atoms with van der Waals surface area (Å²) >= 11 is 7.71. The van der Waals surface area contributed by atoms with Crippen molar-refractivity contribution in [2.45, 2.75) is 19.6 Å². The zero-order valence-corrected chi connectivity index (χ0v) is 10.4. The van der Waals surface area contributed by atoms with Crippen LogP contribution >= 0.6 is 23.4 Å². The molecule has 0 aliphatic heterocycles. The van der Waals surface area contributed by atoms with Gasteiger partial charge in [-0.15, -0.1) is 11.6 Å². The third-order valence-corrected chi connectivity index (χ3v) is 3.89. The van der Waals surface area contributed by atoms with Crippen molar-refractivity contribution in [3.05, 3.63) is 35.4 Å². The van der Waals surface area contributed by atoms with Gasteiger partial charge in [-0.3, -0.25) is 0 Å². The summed E-state index contributed by atoms with van der Waals surface area (Å²) in [6.45, 7) is 4.33. The van der Waals surface area contributed by atoms with Crippen LogP contribution in [0, 0.1) is 12.8 Å². The molecule has 0 saturated carbocycles. The number of alkyl halides is 1. The van der Waals surface area contributed by atoms with E-state index in [4.69, 9.17) is 11.6 Å². The number of rotatable bonds is 5. The van der Waals surface area contributed by atoms with E-state index in [1.165, 1.54) is 11.1 Å². The lowest BCUT2D eigenvalue weighted by molar-refractivity contribution is 0.759. The maximum Gasteiger partial charge on any atom is 0.0257 e. The zero-order chi connectivity index (χ0) is 10.4. The third-order valence-electron chi connectivity index (χ3n) is 2.02. The molecule has 1 aromatic rings. The van der Waals surface area contributed by atoms with E-state index in [-0.39, 0.29) is 0 Å². The van der Waals surface area contributed by atoms with Crippen LogP contribution in [0.25, 0.3) is 0 Å². The predicted octanol–water partition coefficient (Wildman–Crippen LogP) is 4.10. The quantitative estimate of drug-likeness (QED) is 0.684. The van der Waals surface area contributed by atoms with Gasteiger partial charge in [0, 0.05) is 11.6 Å². The number of benzene rings is 1. The van der Waals surface area contributed by atoms with Gasteiger partial charge in [-0.25, -0.2) is 0 Å². The Bertz CT molecular complexity index is 273. The van der Waals surface area contributed by atoms with Gasteiger partial charge in [0.05, 0.1) is 0 Å². The Morgan fingerprint density at radius 1 is 1.43 bits per heavy atom. The lowest BCUT2D eigenvalue weighted by Gasteiger charge is -2.07. The van der Waals surface area contributed by atoms with Gasteiger partial charge in [0.2, 0.25) is 0 Å². The first-order chi connectivity index (χ1) is 6.72. The van der Waals surface area contributed by atoms with Crippen LogP contribution in [0.5, 0.6) is 0 Å². The molecular formula is C12H17ClS. The summed E-state index contributed by atoms with van der Waals surface area (Å²) in [4.78, 5) is 0. The molecule has 2 heteroatoms. The Balaban J connectivity index is 2.31. The van der Waals surface area contributed by atoms with Crippen molar-refractivity contribution in [2.75, 3.05) is 11.6 Å². The van der Waals surface area contributed by atoms with Crippen LogP contribution in [0.3, 0.4) is 0 Å². The van der Waals surface area contributed by atoms with Crippen LogP contribution in [-0.4, -0.2) is 11.6 Å². The summed E-state index contributed by atoms with van der Waals surface area (Å²) in [6.07, 6.45) is 0. The molecule has 0 spiro atoms. The van der Waals surface area contributed by atoms with Gasteiger partial charge in [-0.05, 0) is 24.2 Å². The summed E-state index contributed by atoms with van der Waals surface area (Å²) < 4.78 is 0. The van der Waals surface area contributed by atoms with Crippen LogP contribution in [0.4, 0.5) is 0 Å². The largest absolute Gasteiger partial charge is 0.157 e. The van der Waals surface area contributed by atoms with E-state index in [9.17, 15) is 0 Å². The first-order valence-corrected chi connectivity index (χ1v) is 6.60. The summed E-state index contributed by atoms with van der Waals surface area (Å²) in [5.41, 5.74) is 2.75.